The minimum absolute atomic E-state index is 0.0971. The minimum Gasteiger partial charge on any atom is -0.465 e. The van der Waals surface area contributed by atoms with E-state index in [0.717, 1.165) is 12.8 Å². The van der Waals surface area contributed by atoms with Crippen molar-refractivity contribution in [2.45, 2.75) is 63.1 Å². The van der Waals surface area contributed by atoms with Crippen molar-refractivity contribution in [3.63, 3.8) is 0 Å². The Morgan fingerprint density at radius 2 is 1.62 bits per heavy atom. The van der Waals surface area contributed by atoms with Crippen LogP contribution in [0.4, 0.5) is 0 Å². The van der Waals surface area contributed by atoms with E-state index in [0.29, 0.717) is 24.3 Å². The predicted molar refractivity (Wildman–Crippen MR) is 159 cm³/mol. The van der Waals surface area contributed by atoms with Crippen molar-refractivity contribution in [1.29, 1.82) is 0 Å². The van der Waals surface area contributed by atoms with Gasteiger partial charge in [-0.05, 0) is 63.4 Å². The molecule has 0 spiro atoms. The van der Waals surface area contributed by atoms with Gasteiger partial charge in [0.1, 0.15) is 0 Å². The van der Waals surface area contributed by atoms with E-state index >= 15 is 0 Å². The Hall–Kier alpha value is -3.90. The number of amides is 3. The van der Waals surface area contributed by atoms with E-state index in [9.17, 15) is 33.4 Å². The largest absolute Gasteiger partial charge is 0.465 e. The van der Waals surface area contributed by atoms with E-state index in [1.165, 1.54) is 24.3 Å². The standard InChI is InChI=1S/C31H36N3O10P/c1-33-20-13-14-24(33)28(25(19-20)44-45(40,41)21-9-3-2-4-10-21)31(39)42-18-8-7-17-32-26(35)15-16-27(36)43-34-29(37)22-11-5-6-12-23(22)30(34)38/h2-6,9-12,20,24-25,28H,7-8,13-19H2,1H3,(H,32,35)(H,40,41)/t20?,24?,25-,28+/m0/s1. The fourth-order valence-corrected chi connectivity index (χ4v) is 7.38. The molecule has 2 fully saturated rings. The summed E-state index contributed by atoms with van der Waals surface area (Å²) in [4.78, 5) is 79.9. The van der Waals surface area contributed by atoms with Crippen molar-refractivity contribution in [1.82, 2.24) is 15.3 Å². The third-order valence-corrected chi connectivity index (χ3v) is 10.00. The average molecular weight is 642 g/mol. The summed E-state index contributed by atoms with van der Waals surface area (Å²) in [7, 11) is -2.21. The molecular formula is C31H36N3O10P. The molecule has 2 aromatic rings. The number of carbonyl (C=O) groups excluding carboxylic acids is 5. The number of carbonyl (C=O) groups is 5. The van der Waals surface area contributed by atoms with Crippen LogP contribution in [0, 0.1) is 5.92 Å². The Balaban J connectivity index is 1.01. The number of nitrogens with one attached hydrogen (secondary N) is 1. The van der Waals surface area contributed by atoms with Crippen LogP contribution < -0.4 is 10.6 Å². The molecule has 0 aromatic heterocycles. The Morgan fingerprint density at radius 1 is 0.956 bits per heavy atom. The first kappa shape index (κ1) is 32.5. The number of hydrogen-bond acceptors (Lipinski definition) is 10. The van der Waals surface area contributed by atoms with Crippen LogP contribution in [0.3, 0.4) is 0 Å². The SMILES string of the molecule is CN1C2CCC1[C@@H](C(=O)OCCCCNC(=O)CCC(=O)ON1C(=O)c3ccccc3C1=O)[C@@H](OP(=O)(O)c1ccccc1)C2. The molecule has 3 aliphatic heterocycles. The van der Waals surface area contributed by atoms with Crippen molar-refractivity contribution in [3.05, 3.63) is 65.7 Å². The predicted octanol–water partition coefficient (Wildman–Crippen LogP) is 2.34. The molecular weight excluding hydrogens is 605 g/mol. The number of piperidine rings is 1. The zero-order valence-electron chi connectivity index (χ0n) is 24.8. The van der Waals surface area contributed by atoms with Gasteiger partial charge in [0.2, 0.25) is 5.91 Å². The van der Waals surface area contributed by atoms with Crippen LogP contribution in [0.25, 0.3) is 0 Å². The second-order valence-electron chi connectivity index (χ2n) is 11.4. The summed E-state index contributed by atoms with van der Waals surface area (Å²) in [6.07, 6.45) is 1.74. The van der Waals surface area contributed by atoms with Crippen LogP contribution in [-0.4, -0.2) is 82.9 Å². The van der Waals surface area contributed by atoms with Gasteiger partial charge in [-0.15, -0.1) is 0 Å². The second kappa shape index (κ2) is 14.0. The highest BCUT2D eigenvalue weighted by atomic mass is 31.2. The number of esters is 1. The Bertz CT molecular complexity index is 1470. The molecule has 5 rings (SSSR count). The lowest BCUT2D eigenvalue weighted by atomic mass is 9.88. The number of unbranched alkanes of at least 4 members (excludes halogenated alkanes) is 1. The van der Waals surface area contributed by atoms with E-state index in [2.05, 4.69) is 10.2 Å². The average Bonchev–Trinajstić information content (AvgIpc) is 3.40. The van der Waals surface area contributed by atoms with Gasteiger partial charge in [0.25, 0.3) is 11.8 Å². The molecule has 0 saturated carbocycles. The monoisotopic (exact) mass is 641 g/mol. The van der Waals surface area contributed by atoms with Crippen LogP contribution in [0.1, 0.15) is 65.7 Å². The molecule has 5 atom stereocenters. The maximum Gasteiger partial charge on any atom is 0.359 e. The fraction of sp³-hybridized carbons (Fsp3) is 0.452. The summed E-state index contributed by atoms with van der Waals surface area (Å²) < 4.78 is 24.4. The van der Waals surface area contributed by atoms with Gasteiger partial charge in [0, 0.05) is 25.0 Å². The summed E-state index contributed by atoms with van der Waals surface area (Å²) in [6.45, 7) is 0.372. The molecule has 3 aliphatic rings. The molecule has 0 aliphatic carbocycles. The summed E-state index contributed by atoms with van der Waals surface area (Å²) in [5.41, 5.74) is 0.285. The zero-order valence-corrected chi connectivity index (χ0v) is 25.7. The first-order chi connectivity index (χ1) is 21.6. The highest BCUT2D eigenvalue weighted by Gasteiger charge is 2.51. The highest BCUT2D eigenvalue weighted by Crippen LogP contribution is 2.49. The van der Waals surface area contributed by atoms with Crippen LogP contribution in [0.5, 0.6) is 0 Å². The molecule has 13 nitrogen and oxygen atoms in total. The molecule has 2 bridgehead atoms. The van der Waals surface area contributed by atoms with Crippen molar-refractivity contribution in [2.75, 3.05) is 20.2 Å². The molecule has 3 heterocycles. The van der Waals surface area contributed by atoms with E-state index in [1.54, 1.807) is 30.3 Å². The Kier molecular flexibility index (Phi) is 10.1. The summed E-state index contributed by atoms with van der Waals surface area (Å²) in [5, 5.41) is 3.25. The number of fused-ring (bicyclic) bond motifs is 3. The third-order valence-electron chi connectivity index (χ3n) is 8.49. The van der Waals surface area contributed by atoms with Gasteiger partial charge < -0.3 is 24.3 Å². The molecule has 2 aromatic carbocycles. The van der Waals surface area contributed by atoms with Gasteiger partial charge in [0.15, 0.2) is 0 Å². The normalized spacial score (nSPS) is 23.7. The summed E-state index contributed by atoms with van der Waals surface area (Å²) in [6, 6.07) is 14.2. The first-order valence-electron chi connectivity index (χ1n) is 15.0. The van der Waals surface area contributed by atoms with E-state index in [1.807, 2.05) is 7.05 Å². The fourth-order valence-electron chi connectivity index (χ4n) is 6.12. The van der Waals surface area contributed by atoms with E-state index < -0.39 is 49.3 Å². The quantitative estimate of drug-likeness (QED) is 0.143. The maximum atomic E-state index is 13.2. The van der Waals surface area contributed by atoms with Gasteiger partial charge >= 0.3 is 19.5 Å². The van der Waals surface area contributed by atoms with Gasteiger partial charge in [-0.3, -0.25) is 28.6 Å². The number of hydrogen-bond donors (Lipinski definition) is 2. The lowest BCUT2D eigenvalue weighted by molar-refractivity contribution is -0.169. The molecule has 14 heteroatoms. The zero-order chi connectivity index (χ0) is 32.1. The Morgan fingerprint density at radius 3 is 2.31 bits per heavy atom. The molecule has 2 saturated heterocycles. The number of benzene rings is 2. The van der Waals surface area contributed by atoms with Gasteiger partial charge in [-0.1, -0.05) is 35.4 Å². The van der Waals surface area contributed by atoms with Gasteiger partial charge in [-0.2, -0.15) is 0 Å². The van der Waals surface area contributed by atoms with Crippen LogP contribution >= 0.6 is 7.60 Å². The number of rotatable bonds is 13. The van der Waals surface area contributed by atoms with E-state index in [4.69, 9.17) is 14.1 Å². The van der Waals surface area contributed by atoms with Gasteiger partial charge in [-0.25, -0.2) is 4.79 Å². The van der Waals surface area contributed by atoms with Crippen LogP contribution in [0.15, 0.2) is 54.6 Å². The molecule has 45 heavy (non-hydrogen) atoms. The minimum atomic E-state index is -4.15. The van der Waals surface area contributed by atoms with Crippen molar-refractivity contribution in [3.8, 4) is 0 Å². The second-order valence-corrected chi connectivity index (χ2v) is 13.1. The van der Waals surface area contributed by atoms with Crippen LogP contribution in [0.2, 0.25) is 0 Å². The lowest BCUT2D eigenvalue weighted by Crippen LogP contribution is -2.53. The molecule has 2 N–H and O–H groups in total. The maximum absolute atomic E-state index is 13.2. The van der Waals surface area contributed by atoms with E-state index in [-0.39, 0.29) is 54.5 Å². The molecule has 240 valence electrons. The number of hydroxylamine groups is 2. The lowest BCUT2D eigenvalue weighted by Gasteiger charge is -2.41. The van der Waals surface area contributed by atoms with Crippen LogP contribution in [-0.2, 0) is 33.0 Å². The van der Waals surface area contributed by atoms with Gasteiger partial charge in [0.05, 0.1) is 41.5 Å². The third kappa shape index (κ3) is 7.33. The number of nitrogens with zero attached hydrogens (tertiary/aromatic N) is 2. The highest BCUT2D eigenvalue weighted by molar-refractivity contribution is 7.61. The van der Waals surface area contributed by atoms with Crippen molar-refractivity contribution in [2.24, 2.45) is 5.92 Å². The summed E-state index contributed by atoms with van der Waals surface area (Å²) >= 11 is 0. The smallest absolute Gasteiger partial charge is 0.359 e. The van der Waals surface area contributed by atoms with Crippen molar-refractivity contribution >= 4 is 42.6 Å². The molecule has 0 radical (unpaired) electrons. The molecule has 3 amide bonds. The number of imide groups is 1. The first-order valence-corrected chi connectivity index (χ1v) is 16.5. The van der Waals surface area contributed by atoms with Crippen molar-refractivity contribution < 1.29 is 47.5 Å². The Labute approximate surface area is 260 Å². The molecule has 3 unspecified atom stereocenters. The summed E-state index contributed by atoms with van der Waals surface area (Å²) in [5.74, 6) is -3.97. The number of ether oxygens (including phenoxy) is 1. The topological polar surface area (TPSA) is 169 Å².